The molecule has 1 unspecified atom stereocenters. The van der Waals surface area contributed by atoms with Gasteiger partial charge in [0.05, 0.1) is 3.79 Å². The third-order valence-corrected chi connectivity index (χ3v) is 4.28. The van der Waals surface area contributed by atoms with E-state index in [1.165, 1.54) is 23.0 Å². The van der Waals surface area contributed by atoms with Gasteiger partial charge in [0.2, 0.25) is 0 Å². The molecule has 1 aromatic heterocycles. The molecule has 0 saturated carbocycles. The van der Waals surface area contributed by atoms with Crippen molar-refractivity contribution in [2.45, 2.75) is 26.2 Å². The van der Waals surface area contributed by atoms with Gasteiger partial charge in [-0.05, 0) is 57.6 Å². The van der Waals surface area contributed by atoms with Crippen molar-refractivity contribution in [3.8, 4) is 0 Å². The van der Waals surface area contributed by atoms with Crippen LogP contribution in [0.2, 0.25) is 0 Å². The van der Waals surface area contributed by atoms with E-state index in [-0.39, 0.29) is 0 Å². The quantitative estimate of drug-likeness (QED) is 0.639. The van der Waals surface area contributed by atoms with Crippen LogP contribution in [0, 0.1) is 5.92 Å². The fourth-order valence-electron chi connectivity index (χ4n) is 1.66. The number of rotatable bonds is 0. The summed E-state index contributed by atoms with van der Waals surface area (Å²) in [5.41, 5.74) is 3.16. The molecule has 0 radical (unpaired) electrons. The second kappa shape index (κ2) is 2.91. The molecule has 0 amide bonds. The molecule has 2 heteroatoms. The standard InChI is InChI=1S/C9H11BrS/c1-6-2-3-7-5-11-9(10)8(7)4-6/h5-6H,2-4H2,1H3. The number of fused-ring (bicyclic) bond motifs is 1. The number of thiophene rings is 1. The molecule has 11 heavy (non-hydrogen) atoms. The summed E-state index contributed by atoms with van der Waals surface area (Å²) in [4.78, 5) is 0. The van der Waals surface area contributed by atoms with E-state index in [1.807, 2.05) is 11.3 Å². The van der Waals surface area contributed by atoms with Gasteiger partial charge in [-0.25, -0.2) is 0 Å². The Bertz CT molecular complexity index is 265. The lowest BCUT2D eigenvalue weighted by Crippen LogP contribution is -2.09. The van der Waals surface area contributed by atoms with Crippen LogP contribution in [-0.4, -0.2) is 0 Å². The van der Waals surface area contributed by atoms with Crippen molar-refractivity contribution in [1.82, 2.24) is 0 Å². The van der Waals surface area contributed by atoms with E-state index in [2.05, 4.69) is 28.2 Å². The van der Waals surface area contributed by atoms with Crippen molar-refractivity contribution >= 4 is 27.3 Å². The van der Waals surface area contributed by atoms with Gasteiger partial charge < -0.3 is 0 Å². The van der Waals surface area contributed by atoms with Crippen LogP contribution in [0.25, 0.3) is 0 Å². The highest BCUT2D eigenvalue weighted by atomic mass is 79.9. The number of halogens is 1. The lowest BCUT2D eigenvalue weighted by atomic mass is 9.88. The Morgan fingerprint density at radius 2 is 2.45 bits per heavy atom. The van der Waals surface area contributed by atoms with Gasteiger partial charge in [0.15, 0.2) is 0 Å². The normalized spacial score (nSPS) is 23.3. The Balaban J connectivity index is 2.37. The zero-order chi connectivity index (χ0) is 7.84. The maximum atomic E-state index is 3.60. The highest BCUT2D eigenvalue weighted by molar-refractivity contribution is 9.11. The molecule has 0 aromatic carbocycles. The molecule has 0 aliphatic heterocycles. The number of hydrogen-bond acceptors (Lipinski definition) is 1. The van der Waals surface area contributed by atoms with Gasteiger partial charge in [-0.2, -0.15) is 0 Å². The van der Waals surface area contributed by atoms with Gasteiger partial charge in [-0.1, -0.05) is 6.92 Å². The van der Waals surface area contributed by atoms with Gasteiger partial charge in [0.1, 0.15) is 0 Å². The third kappa shape index (κ3) is 1.38. The zero-order valence-electron chi connectivity index (χ0n) is 6.56. The molecular weight excluding hydrogens is 220 g/mol. The van der Waals surface area contributed by atoms with Crippen molar-refractivity contribution in [3.63, 3.8) is 0 Å². The van der Waals surface area contributed by atoms with Crippen LogP contribution in [0.4, 0.5) is 0 Å². The molecule has 60 valence electrons. The van der Waals surface area contributed by atoms with Crippen molar-refractivity contribution in [2.75, 3.05) is 0 Å². The predicted octanol–water partition coefficient (Wildman–Crippen LogP) is 3.64. The molecule has 1 heterocycles. The van der Waals surface area contributed by atoms with E-state index in [1.54, 1.807) is 11.1 Å². The lowest BCUT2D eigenvalue weighted by molar-refractivity contribution is 0.502. The molecule has 0 nitrogen and oxygen atoms in total. The van der Waals surface area contributed by atoms with E-state index in [9.17, 15) is 0 Å². The SMILES string of the molecule is CC1CCc2csc(Br)c2C1. The molecule has 0 fully saturated rings. The monoisotopic (exact) mass is 230 g/mol. The molecule has 0 N–H and O–H groups in total. The maximum absolute atomic E-state index is 3.60. The minimum atomic E-state index is 0.883. The van der Waals surface area contributed by atoms with Gasteiger partial charge in [-0.15, -0.1) is 11.3 Å². The number of aryl methyl sites for hydroxylation is 1. The van der Waals surface area contributed by atoms with Crippen LogP contribution in [0.3, 0.4) is 0 Å². The third-order valence-electron chi connectivity index (χ3n) is 2.39. The summed E-state index contributed by atoms with van der Waals surface area (Å²) < 4.78 is 1.36. The van der Waals surface area contributed by atoms with Gasteiger partial charge in [0, 0.05) is 0 Å². The highest BCUT2D eigenvalue weighted by Crippen LogP contribution is 2.35. The molecule has 0 bridgehead atoms. The summed E-state index contributed by atoms with van der Waals surface area (Å²) in [6, 6.07) is 0. The zero-order valence-corrected chi connectivity index (χ0v) is 8.96. The molecule has 2 rings (SSSR count). The van der Waals surface area contributed by atoms with Crippen molar-refractivity contribution in [1.29, 1.82) is 0 Å². The molecular formula is C9H11BrS. The summed E-state index contributed by atoms with van der Waals surface area (Å²) in [7, 11) is 0. The molecule has 1 atom stereocenters. The van der Waals surface area contributed by atoms with Crippen LogP contribution in [-0.2, 0) is 12.8 Å². The van der Waals surface area contributed by atoms with E-state index in [4.69, 9.17) is 0 Å². The fourth-order valence-corrected chi connectivity index (χ4v) is 3.22. The Labute approximate surface area is 79.8 Å². The summed E-state index contributed by atoms with van der Waals surface area (Å²) in [6.45, 7) is 2.34. The molecule has 0 spiro atoms. The first-order valence-corrected chi connectivity index (χ1v) is 5.69. The van der Waals surface area contributed by atoms with Gasteiger partial charge >= 0.3 is 0 Å². The average Bonchev–Trinajstić information content (AvgIpc) is 2.33. The minimum Gasteiger partial charge on any atom is -0.136 e. The maximum Gasteiger partial charge on any atom is 0.0733 e. The minimum absolute atomic E-state index is 0.883. The van der Waals surface area contributed by atoms with Crippen molar-refractivity contribution < 1.29 is 0 Å². The van der Waals surface area contributed by atoms with Gasteiger partial charge in [-0.3, -0.25) is 0 Å². The smallest absolute Gasteiger partial charge is 0.0733 e. The van der Waals surface area contributed by atoms with Crippen molar-refractivity contribution in [3.05, 3.63) is 20.3 Å². The van der Waals surface area contributed by atoms with Gasteiger partial charge in [0.25, 0.3) is 0 Å². The van der Waals surface area contributed by atoms with Crippen LogP contribution in [0.15, 0.2) is 9.17 Å². The second-order valence-electron chi connectivity index (χ2n) is 3.36. The predicted molar refractivity (Wildman–Crippen MR) is 53.2 cm³/mol. The van der Waals surface area contributed by atoms with E-state index < -0.39 is 0 Å². The summed E-state index contributed by atoms with van der Waals surface area (Å²) in [6.07, 6.45) is 3.94. The molecule has 1 aliphatic rings. The number of hydrogen-bond donors (Lipinski definition) is 0. The van der Waals surface area contributed by atoms with Crippen LogP contribution >= 0.6 is 27.3 Å². The topological polar surface area (TPSA) is 0 Å². The largest absolute Gasteiger partial charge is 0.136 e. The fraction of sp³-hybridized carbons (Fsp3) is 0.556. The average molecular weight is 231 g/mol. The molecule has 1 aliphatic carbocycles. The second-order valence-corrected chi connectivity index (χ2v) is 5.56. The van der Waals surface area contributed by atoms with E-state index in [0.717, 1.165) is 5.92 Å². The highest BCUT2D eigenvalue weighted by Gasteiger charge is 2.18. The Kier molecular flexibility index (Phi) is 2.06. The summed E-state index contributed by atoms with van der Waals surface area (Å²) in [5.74, 6) is 0.883. The Morgan fingerprint density at radius 1 is 1.64 bits per heavy atom. The first kappa shape index (κ1) is 7.81. The van der Waals surface area contributed by atoms with E-state index in [0.29, 0.717) is 0 Å². The first-order valence-electron chi connectivity index (χ1n) is 4.02. The van der Waals surface area contributed by atoms with E-state index >= 15 is 0 Å². The van der Waals surface area contributed by atoms with Crippen molar-refractivity contribution in [2.24, 2.45) is 5.92 Å². The molecule has 0 saturated heterocycles. The van der Waals surface area contributed by atoms with Crippen LogP contribution in [0.5, 0.6) is 0 Å². The van der Waals surface area contributed by atoms with Crippen LogP contribution in [0.1, 0.15) is 24.5 Å². The Morgan fingerprint density at radius 3 is 3.27 bits per heavy atom. The first-order chi connectivity index (χ1) is 5.27. The molecule has 1 aromatic rings. The lowest BCUT2D eigenvalue weighted by Gasteiger charge is -2.18. The van der Waals surface area contributed by atoms with Crippen LogP contribution < -0.4 is 0 Å². The summed E-state index contributed by atoms with van der Waals surface area (Å²) >= 11 is 5.44. The summed E-state index contributed by atoms with van der Waals surface area (Å²) in [5, 5.41) is 2.30. The Hall–Kier alpha value is 0.180.